The summed E-state index contributed by atoms with van der Waals surface area (Å²) in [4.78, 5) is 23.5. The van der Waals surface area contributed by atoms with Crippen molar-refractivity contribution in [1.82, 2.24) is 10.2 Å². The van der Waals surface area contributed by atoms with Crippen molar-refractivity contribution in [1.29, 1.82) is 0 Å². The minimum atomic E-state index is -0.431. The van der Waals surface area contributed by atoms with Crippen molar-refractivity contribution in [2.24, 2.45) is 0 Å². The molecule has 0 aliphatic carbocycles. The number of hydrogen-bond donors (Lipinski definition) is 1. The molecule has 0 atom stereocenters. The number of carbonyl (C=O) groups excluding carboxylic acids is 1. The number of nitro groups is 1. The molecule has 1 N–H and O–H groups in total. The van der Waals surface area contributed by atoms with Crippen LogP contribution in [0.25, 0.3) is 0 Å². The number of hydrogen-bond acceptors (Lipinski definition) is 4. The van der Waals surface area contributed by atoms with Gasteiger partial charge >= 0.3 is 0 Å². The summed E-state index contributed by atoms with van der Waals surface area (Å²) in [5, 5.41) is 13.5. The third-order valence-corrected chi connectivity index (χ3v) is 3.14. The topological polar surface area (TPSA) is 75.5 Å². The quantitative estimate of drug-likeness (QED) is 0.447. The lowest BCUT2D eigenvalue weighted by Gasteiger charge is -2.21. The normalized spacial score (nSPS) is 10.3. The number of nitrogens with one attached hydrogen (secondary N) is 1. The molecule has 0 aromatic heterocycles. The number of amides is 1. The molecule has 0 aliphatic heterocycles. The van der Waals surface area contributed by atoms with Gasteiger partial charge in [0.2, 0.25) is 5.91 Å². The van der Waals surface area contributed by atoms with E-state index in [0.717, 1.165) is 5.56 Å². The zero-order valence-electron chi connectivity index (χ0n) is 11.3. The van der Waals surface area contributed by atoms with Gasteiger partial charge < -0.3 is 10.2 Å². The predicted molar refractivity (Wildman–Crippen MR) is 78.0 cm³/mol. The monoisotopic (exact) mass is 299 g/mol. The van der Waals surface area contributed by atoms with Crippen molar-refractivity contribution in [3.63, 3.8) is 0 Å². The molecule has 1 aromatic carbocycles. The lowest BCUT2D eigenvalue weighted by Crippen LogP contribution is -2.38. The lowest BCUT2D eigenvalue weighted by molar-refractivity contribution is -0.384. The number of benzene rings is 1. The summed E-state index contributed by atoms with van der Waals surface area (Å²) in [6.45, 7) is 1.84. The van der Waals surface area contributed by atoms with Crippen LogP contribution in [0.1, 0.15) is 5.56 Å². The van der Waals surface area contributed by atoms with Gasteiger partial charge in [0.1, 0.15) is 5.88 Å². The van der Waals surface area contributed by atoms with Crippen LogP contribution in [0, 0.1) is 10.1 Å². The van der Waals surface area contributed by atoms with Crippen LogP contribution in [-0.4, -0.2) is 48.3 Å². The van der Waals surface area contributed by atoms with Crippen molar-refractivity contribution < 1.29 is 9.72 Å². The first-order valence-corrected chi connectivity index (χ1v) is 6.83. The average molecular weight is 300 g/mol. The number of likely N-dealkylation sites (N-methyl/N-ethyl adjacent to an activating group) is 1. The highest BCUT2D eigenvalue weighted by Crippen LogP contribution is 2.12. The zero-order valence-corrected chi connectivity index (χ0v) is 12.1. The highest BCUT2D eigenvalue weighted by atomic mass is 35.5. The number of rotatable bonds is 8. The van der Waals surface area contributed by atoms with Crippen molar-refractivity contribution in [3.8, 4) is 0 Å². The summed E-state index contributed by atoms with van der Waals surface area (Å²) in [7, 11) is 1.82. The highest BCUT2D eigenvalue weighted by Gasteiger charge is 2.12. The SMILES string of the molecule is CNCCN(CCc1ccc([N+](=O)[O-])cc1)C(=O)CCl. The molecule has 1 aromatic rings. The van der Waals surface area contributed by atoms with Crippen molar-refractivity contribution in [2.45, 2.75) is 6.42 Å². The van der Waals surface area contributed by atoms with E-state index in [1.807, 2.05) is 7.05 Å². The standard InChI is InChI=1S/C13H18ClN3O3/c1-15-7-9-16(13(18)10-14)8-6-11-2-4-12(5-3-11)17(19)20/h2-5,15H,6-10H2,1H3. The van der Waals surface area contributed by atoms with Crippen molar-refractivity contribution >= 4 is 23.2 Å². The summed E-state index contributed by atoms with van der Waals surface area (Å²) in [5.74, 6) is -0.145. The Morgan fingerprint density at radius 1 is 1.35 bits per heavy atom. The first kappa shape index (κ1) is 16.4. The molecule has 0 radical (unpaired) electrons. The van der Waals surface area contributed by atoms with Gasteiger partial charge in [-0.05, 0) is 19.0 Å². The van der Waals surface area contributed by atoms with Gasteiger partial charge in [0.05, 0.1) is 4.92 Å². The average Bonchev–Trinajstić information content (AvgIpc) is 2.47. The first-order valence-electron chi connectivity index (χ1n) is 6.30. The van der Waals surface area contributed by atoms with Gasteiger partial charge in [-0.1, -0.05) is 12.1 Å². The maximum Gasteiger partial charge on any atom is 0.269 e. The van der Waals surface area contributed by atoms with Crippen LogP contribution in [0.4, 0.5) is 5.69 Å². The van der Waals surface area contributed by atoms with Crippen LogP contribution >= 0.6 is 11.6 Å². The second-order valence-corrected chi connectivity index (χ2v) is 4.56. The summed E-state index contributed by atoms with van der Waals surface area (Å²) in [6.07, 6.45) is 0.643. The van der Waals surface area contributed by atoms with E-state index in [1.54, 1.807) is 17.0 Å². The van der Waals surface area contributed by atoms with Crippen LogP contribution in [0.2, 0.25) is 0 Å². The Hall–Kier alpha value is -1.66. The minimum Gasteiger partial charge on any atom is -0.340 e. The van der Waals surface area contributed by atoms with Crippen LogP contribution in [-0.2, 0) is 11.2 Å². The van der Waals surface area contributed by atoms with Crippen molar-refractivity contribution in [2.75, 3.05) is 32.6 Å². The minimum absolute atomic E-state index is 0.0377. The van der Waals surface area contributed by atoms with E-state index in [2.05, 4.69) is 5.32 Å². The van der Waals surface area contributed by atoms with E-state index in [4.69, 9.17) is 11.6 Å². The number of carbonyl (C=O) groups is 1. The summed E-state index contributed by atoms with van der Waals surface area (Å²) < 4.78 is 0. The summed E-state index contributed by atoms with van der Waals surface area (Å²) in [6, 6.07) is 6.35. The second kappa shape index (κ2) is 8.50. The Kier molecular flexibility index (Phi) is 6.97. The number of non-ortho nitro benzene ring substituents is 1. The Bertz CT molecular complexity index is 451. The molecule has 0 bridgehead atoms. The Balaban J connectivity index is 2.57. The maximum absolute atomic E-state index is 11.7. The molecule has 0 unspecified atom stereocenters. The smallest absolute Gasteiger partial charge is 0.269 e. The van der Waals surface area contributed by atoms with Gasteiger partial charge in [-0.15, -0.1) is 11.6 Å². The van der Waals surface area contributed by atoms with E-state index in [9.17, 15) is 14.9 Å². The summed E-state index contributed by atoms with van der Waals surface area (Å²) >= 11 is 5.58. The molecule has 20 heavy (non-hydrogen) atoms. The Morgan fingerprint density at radius 2 is 2.00 bits per heavy atom. The molecule has 0 saturated carbocycles. The van der Waals surface area contributed by atoms with Gasteiger partial charge in [0.25, 0.3) is 5.69 Å². The number of alkyl halides is 1. The molecule has 1 amide bonds. The summed E-state index contributed by atoms with van der Waals surface area (Å²) in [5.41, 5.74) is 1.02. The van der Waals surface area contributed by atoms with E-state index in [0.29, 0.717) is 26.1 Å². The van der Waals surface area contributed by atoms with Crippen molar-refractivity contribution in [3.05, 3.63) is 39.9 Å². The van der Waals surface area contributed by atoms with Crippen LogP contribution in [0.3, 0.4) is 0 Å². The fraction of sp³-hybridized carbons (Fsp3) is 0.462. The van der Waals surface area contributed by atoms with E-state index in [-0.39, 0.29) is 17.5 Å². The molecule has 6 nitrogen and oxygen atoms in total. The molecule has 0 saturated heterocycles. The van der Waals surface area contributed by atoms with E-state index < -0.39 is 4.92 Å². The maximum atomic E-state index is 11.7. The van der Waals surface area contributed by atoms with Crippen LogP contribution in [0.5, 0.6) is 0 Å². The van der Waals surface area contributed by atoms with Gasteiger partial charge in [-0.2, -0.15) is 0 Å². The molecule has 0 fully saturated rings. The van der Waals surface area contributed by atoms with E-state index in [1.165, 1.54) is 12.1 Å². The fourth-order valence-electron chi connectivity index (χ4n) is 1.74. The van der Waals surface area contributed by atoms with E-state index >= 15 is 0 Å². The fourth-order valence-corrected chi connectivity index (χ4v) is 1.91. The van der Waals surface area contributed by atoms with Gasteiger partial charge in [0.15, 0.2) is 0 Å². The Labute approximate surface area is 122 Å². The molecule has 0 aliphatic rings. The molecule has 1 rings (SSSR count). The lowest BCUT2D eigenvalue weighted by atomic mass is 10.1. The van der Waals surface area contributed by atoms with Gasteiger partial charge in [-0.3, -0.25) is 14.9 Å². The third-order valence-electron chi connectivity index (χ3n) is 2.92. The number of halogens is 1. The molecule has 0 heterocycles. The molecular weight excluding hydrogens is 282 g/mol. The zero-order chi connectivity index (χ0) is 15.0. The van der Waals surface area contributed by atoms with Crippen LogP contribution < -0.4 is 5.32 Å². The second-order valence-electron chi connectivity index (χ2n) is 4.29. The molecule has 110 valence electrons. The first-order chi connectivity index (χ1) is 9.58. The predicted octanol–water partition coefficient (Wildman–Crippen LogP) is 1.42. The largest absolute Gasteiger partial charge is 0.340 e. The third kappa shape index (κ3) is 5.14. The Morgan fingerprint density at radius 3 is 2.50 bits per heavy atom. The number of nitro benzene ring substituents is 1. The molecule has 0 spiro atoms. The van der Waals surface area contributed by atoms with Gasteiger partial charge in [-0.25, -0.2) is 0 Å². The molecule has 7 heteroatoms. The highest BCUT2D eigenvalue weighted by molar-refractivity contribution is 6.27. The number of nitrogens with zero attached hydrogens (tertiary/aromatic N) is 2. The van der Waals surface area contributed by atoms with Crippen LogP contribution in [0.15, 0.2) is 24.3 Å². The van der Waals surface area contributed by atoms with Gasteiger partial charge in [0, 0.05) is 31.8 Å². The molecular formula is C13H18ClN3O3.